The van der Waals surface area contributed by atoms with Gasteiger partial charge in [-0.25, -0.2) is 0 Å². The third-order valence-corrected chi connectivity index (χ3v) is 4.32. The van der Waals surface area contributed by atoms with E-state index in [-0.39, 0.29) is 6.10 Å². The molecule has 1 aromatic carbocycles. The van der Waals surface area contributed by atoms with E-state index in [1.807, 2.05) is 24.3 Å². The molecule has 5 nitrogen and oxygen atoms in total. The Kier molecular flexibility index (Phi) is 4.63. The molecule has 2 unspecified atom stereocenters. The van der Waals surface area contributed by atoms with Gasteiger partial charge >= 0.3 is 0 Å². The fourth-order valence-corrected chi connectivity index (χ4v) is 2.90. The number of benzene rings is 1. The summed E-state index contributed by atoms with van der Waals surface area (Å²) in [5, 5.41) is 10.4. The van der Waals surface area contributed by atoms with Crippen LogP contribution in [-0.2, 0) is 0 Å². The second-order valence-electron chi connectivity index (χ2n) is 5.72. The maximum atomic E-state index is 10.4. The summed E-state index contributed by atoms with van der Waals surface area (Å²) in [5.74, 6) is 1.49. The number of rotatable bonds is 4. The fraction of sp³-hybridized carbons (Fsp3) is 0.625. The minimum atomic E-state index is -0.522. The molecule has 2 atom stereocenters. The molecule has 1 fully saturated rings. The van der Waals surface area contributed by atoms with Gasteiger partial charge in [-0.3, -0.25) is 4.90 Å². The molecule has 1 saturated heterocycles. The summed E-state index contributed by atoms with van der Waals surface area (Å²) in [6, 6.07) is 7.61. The number of hydrogen-bond donors (Lipinski definition) is 1. The monoisotopic (exact) mass is 292 g/mol. The van der Waals surface area contributed by atoms with Crippen molar-refractivity contribution in [2.45, 2.75) is 19.1 Å². The number of aliphatic hydroxyl groups is 1. The van der Waals surface area contributed by atoms with Gasteiger partial charge in [0.15, 0.2) is 17.6 Å². The van der Waals surface area contributed by atoms with E-state index in [1.165, 1.54) is 0 Å². The molecular formula is C16H24N2O3. The number of aliphatic hydroxyl groups excluding tert-OH is 1. The van der Waals surface area contributed by atoms with Crippen molar-refractivity contribution in [2.75, 3.05) is 45.9 Å². The quantitative estimate of drug-likeness (QED) is 0.890. The number of hydrogen-bond acceptors (Lipinski definition) is 5. The Hall–Kier alpha value is -1.30. The Bertz CT molecular complexity index is 461. The van der Waals surface area contributed by atoms with E-state index in [4.69, 9.17) is 9.47 Å². The minimum absolute atomic E-state index is 0.288. The van der Waals surface area contributed by atoms with Crippen LogP contribution < -0.4 is 9.47 Å². The van der Waals surface area contributed by atoms with Crippen LogP contribution in [0.15, 0.2) is 24.3 Å². The molecule has 0 aromatic heterocycles. The molecule has 1 N–H and O–H groups in total. The summed E-state index contributed by atoms with van der Waals surface area (Å²) in [7, 11) is 0. The highest BCUT2D eigenvalue weighted by molar-refractivity contribution is 5.40. The van der Waals surface area contributed by atoms with Crippen LogP contribution in [0.4, 0.5) is 0 Å². The molecule has 0 bridgehead atoms. The number of fused-ring (bicyclic) bond motifs is 1. The molecule has 3 rings (SSSR count). The zero-order valence-electron chi connectivity index (χ0n) is 12.6. The Balaban J connectivity index is 1.51. The van der Waals surface area contributed by atoms with Gasteiger partial charge < -0.3 is 19.5 Å². The SMILES string of the molecule is CCN1CCN(CC(O)C2COc3ccccc3O2)CC1. The molecule has 0 aliphatic carbocycles. The van der Waals surface area contributed by atoms with Crippen LogP contribution in [0.5, 0.6) is 11.5 Å². The van der Waals surface area contributed by atoms with Gasteiger partial charge in [0.1, 0.15) is 12.7 Å². The van der Waals surface area contributed by atoms with Crippen molar-refractivity contribution in [3.05, 3.63) is 24.3 Å². The lowest BCUT2D eigenvalue weighted by atomic mass is 10.1. The van der Waals surface area contributed by atoms with E-state index < -0.39 is 6.10 Å². The van der Waals surface area contributed by atoms with Crippen molar-refractivity contribution in [3.63, 3.8) is 0 Å². The molecule has 21 heavy (non-hydrogen) atoms. The lowest BCUT2D eigenvalue weighted by molar-refractivity contribution is -0.0308. The molecule has 1 aromatic rings. The molecule has 116 valence electrons. The van der Waals surface area contributed by atoms with Crippen molar-refractivity contribution in [1.29, 1.82) is 0 Å². The highest BCUT2D eigenvalue weighted by Crippen LogP contribution is 2.31. The number of β-amino-alcohol motifs (C(OH)–C–C–N with tert-alkyl or cyclic N) is 1. The minimum Gasteiger partial charge on any atom is -0.486 e. The highest BCUT2D eigenvalue weighted by Gasteiger charge is 2.29. The van der Waals surface area contributed by atoms with Crippen molar-refractivity contribution >= 4 is 0 Å². The molecule has 2 aliphatic rings. The first-order chi connectivity index (χ1) is 10.3. The van der Waals surface area contributed by atoms with Gasteiger partial charge in [-0.1, -0.05) is 19.1 Å². The average molecular weight is 292 g/mol. The lowest BCUT2D eigenvalue weighted by Crippen LogP contribution is -2.52. The van der Waals surface area contributed by atoms with E-state index >= 15 is 0 Å². The first-order valence-electron chi connectivity index (χ1n) is 7.77. The van der Waals surface area contributed by atoms with Gasteiger partial charge in [0.25, 0.3) is 0 Å². The first kappa shape index (κ1) is 14.6. The van der Waals surface area contributed by atoms with E-state index in [0.717, 1.165) is 44.2 Å². The molecule has 0 amide bonds. The Morgan fingerprint density at radius 1 is 1.14 bits per heavy atom. The molecule has 2 aliphatic heterocycles. The summed E-state index contributed by atoms with van der Waals surface area (Å²) in [6.07, 6.45) is -0.810. The molecule has 0 saturated carbocycles. The Labute approximate surface area is 126 Å². The predicted molar refractivity (Wildman–Crippen MR) is 80.9 cm³/mol. The number of likely N-dealkylation sites (N-methyl/N-ethyl adjacent to an activating group) is 1. The maximum Gasteiger partial charge on any atom is 0.161 e. The number of piperazine rings is 1. The zero-order valence-corrected chi connectivity index (χ0v) is 12.6. The summed E-state index contributed by atoms with van der Waals surface area (Å²) >= 11 is 0. The van der Waals surface area contributed by atoms with Gasteiger partial charge in [-0.15, -0.1) is 0 Å². The predicted octanol–water partition coefficient (Wildman–Crippen LogP) is 0.825. The van der Waals surface area contributed by atoms with Gasteiger partial charge in [-0.2, -0.15) is 0 Å². The molecular weight excluding hydrogens is 268 g/mol. The van der Waals surface area contributed by atoms with E-state index in [1.54, 1.807) is 0 Å². The van der Waals surface area contributed by atoms with Crippen LogP contribution in [-0.4, -0.2) is 73.0 Å². The third kappa shape index (κ3) is 3.48. The van der Waals surface area contributed by atoms with Gasteiger partial charge in [0, 0.05) is 32.7 Å². The Morgan fingerprint density at radius 3 is 2.52 bits per heavy atom. The molecule has 0 spiro atoms. The smallest absolute Gasteiger partial charge is 0.161 e. The van der Waals surface area contributed by atoms with E-state index in [2.05, 4.69) is 16.7 Å². The number of nitrogens with zero attached hydrogens (tertiary/aromatic N) is 2. The molecule has 2 heterocycles. The summed E-state index contributed by atoms with van der Waals surface area (Å²) in [4.78, 5) is 4.74. The van der Waals surface area contributed by atoms with Crippen LogP contribution >= 0.6 is 0 Å². The van der Waals surface area contributed by atoms with Crippen molar-refractivity contribution < 1.29 is 14.6 Å². The zero-order chi connectivity index (χ0) is 14.7. The summed E-state index contributed by atoms with van der Waals surface area (Å²) in [5.41, 5.74) is 0. The van der Waals surface area contributed by atoms with Crippen LogP contribution in [0.2, 0.25) is 0 Å². The summed E-state index contributed by atoms with van der Waals surface area (Å²) < 4.78 is 11.5. The fourth-order valence-electron chi connectivity index (χ4n) is 2.90. The van der Waals surface area contributed by atoms with Gasteiger partial charge in [0.05, 0.1) is 0 Å². The van der Waals surface area contributed by atoms with Crippen molar-refractivity contribution in [2.24, 2.45) is 0 Å². The van der Waals surface area contributed by atoms with Crippen LogP contribution in [0.1, 0.15) is 6.92 Å². The van der Waals surface area contributed by atoms with Gasteiger partial charge in [-0.05, 0) is 18.7 Å². The van der Waals surface area contributed by atoms with Gasteiger partial charge in [0.2, 0.25) is 0 Å². The first-order valence-corrected chi connectivity index (χ1v) is 7.77. The number of para-hydroxylation sites is 2. The molecule has 0 radical (unpaired) electrons. The van der Waals surface area contributed by atoms with Crippen LogP contribution in [0.25, 0.3) is 0 Å². The average Bonchev–Trinajstić information content (AvgIpc) is 2.55. The lowest BCUT2D eigenvalue weighted by Gasteiger charge is -2.37. The maximum absolute atomic E-state index is 10.4. The standard InChI is InChI=1S/C16H24N2O3/c1-2-17-7-9-18(10-8-17)11-13(19)16-12-20-14-5-3-4-6-15(14)21-16/h3-6,13,16,19H,2,7-12H2,1H3. The Morgan fingerprint density at radius 2 is 1.81 bits per heavy atom. The third-order valence-electron chi connectivity index (χ3n) is 4.32. The highest BCUT2D eigenvalue weighted by atomic mass is 16.6. The summed E-state index contributed by atoms with van der Waals surface area (Å²) in [6.45, 7) is 8.52. The topological polar surface area (TPSA) is 45.2 Å². The van der Waals surface area contributed by atoms with E-state index in [0.29, 0.717) is 13.2 Å². The van der Waals surface area contributed by atoms with Crippen molar-refractivity contribution in [3.8, 4) is 11.5 Å². The molecule has 5 heteroatoms. The second kappa shape index (κ2) is 6.64. The van der Waals surface area contributed by atoms with Crippen LogP contribution in [0, 0.1) is 0 Å². The normalized spacial score (nSPS) is 24.8. The van der Waals surface area contributed by atoms with E-state index in [9.17, 15) is 5.11 Å². The largest absolute Gasteiger partial charge is 0.486 e. The van der Waals surface area contributed by atoms with Crippen molar-refractivity contribution in [1.82, 2.24) is 9.80 Å². The number of ether oxygens (including phenoxy) is 2. The van der Waals surface area contributed by atoms with Crippen LogP contribution in [0.3, 0.4) is 0 Å². The second-order valence-corrected chi connectivity index (χ2v) is 5.72.